The summed E-state index contributed by atoms with van der Waals surface area (Å²) in [6.45, 7) is 10.3. The minimum absolute atomic E-state index is 0.208. The van der Waals surface area contributed by atoms with Crippen molar-refractivity contribution in [3.8, 4) is 0 Å². The maximum absolute atomic E-state index is 15.6. The van der Waals surface area contributed by atoms with Crippen molar-refractivity contribution >= 4 is 11.6 Å². The summed E-state index contributed by atoms with van der Waals surface area (Å²) in [5, 5.41) is 8.94. The molecule has 1 fully saturated rings. The molecule has 1 saturated heterocycles. The molecule has 36 heavy (non-hydrogen) atoms. The average Bonchev–Trinajstić information content (AvgIpc) is 3.34. The monoisotopic (exact) mass is 495 g/mol. The van der Waals surface area contributed by atoms with Gasteiger partial charge in [-0.1, -0.05) is 54.7 Å². The highest BCUT2D eigenvalue weighted by Gasteiger charge is 2.31. The molecule has 9 heteroatoms. The standard InChI is InChI=1S/C27H34FN5O3/c1-20(2)27(34)33(28)24(13-7-11-22-9-5-4-6-10-22)26-30-29-25-14-8-12-23(32(25)26)19-36-21(3)31-15-17-35-18-16-31/h4-6,8-10,12,14,20,24H,3,7,11,13,15-19H2,1-2H3. The molecule has 2 aromatic heterocycles. The number of pyridine rings is 1. The maximum Gasteiger partial charge on any atom is 0.253 e. The van der Waals surface area contributed by atoms with Crippen LogP contribution in [-0.2, 0) is 27.3 Å². The molecule has 4 rings (SSSR count). The topological polar surface area (TPSA) is 72.2 Å². The van der Waals surface area contributed by atoms with Crippen LogP contribution in [0.15, 0.2) is 61.0 Å². The van der Waals surface area contributed by atoms with Crippen molar-refractivity contribution in [1.82, 2.24) is 24.6 Å². The van der Waals surface area contributed by atoms with E-state index in [2.05, 4.69) is 16.8 Å². The number of carbonyl (C=O) groups excluding carboxylic acids is 1. The molecule has 192 valence electrons. The van der Waals surface area contributed by atoms with Gasteiger partial charge >= 0.3 is 0 Å². The highest BCUT2D eigenvalue weighted by molar-refractivity contribution is 5.77. The van der Waals surface area contributed by atoms with Crippen molar-refractivity contribution in [2.75, 3.05) is 26.3 Å². The number of carbonyl (C=O) groups is 1. The van der Waals surface area contributed by atoms with Crippen molar-refractivity contribution < 1.29 is 18.7 Å². The number of nitrogens with zero attached hydrogens (tertiary/aromatic N) is 5. The first-order valence-electron chi connectivity index (χ1n) is 12.5. The van der Waals surface area contributed by atoms with Crippen LogP contribution in [0.1, 0.15) is 49.8 Å². The van der Waals surface area contributed by atoms with E-state index in [1.165, 1.54) is 5.56 Å². The first kappa shape index (κ1) is 25.6. The smallest absolute Gasteiger partial charge is 0.253 e. The van der Waals surface area contributed by atoms with Gasteiger partial charge in [0.05, 0.1) is 18.9 Å². The molecule has 3 heterocycles. The first-order valence-corrected chi connectivity index (χ1v) is 12.5. The number of halogens is 1. The van der Waals surface area contributed by atoms with Gasteiger partial charge in [0, 0.05) is 19.0 Å². The lowest BCUT2D eigenvalue weighted by molar-refractivity contribution is -0.157. The van der Waals surface area contributed by atoms with E-state index in [9.17, 15) is 4.79 Å². The SMILES string of the molecule is C=C(OCc1cccc2nnc(C(CCCc3ccccc3)N(F)C(=O)C(C)C)n12)N1CCOCC1. The molecule has 1 atom stereocenters. The Bertz CT molecular complexity index is 1160. The van der Waals surface area contributed by atoms with E-state index < -0.39 is 17.9 Å². The van der Waals surface area contributed by atoms with Gasteiger partial charge in [-0.05, 0) is 43.5 Å². The van der Waals surface area contributed by atoms with E-state index in [1.807, 2.05) is 53.4 Å². The number of aryl methyl sites for hydroxylation is 1. The Morgan fingerprint density at radius 2 is 1.89 bits per heavy atom. The summed E-state index contributed by atoms with van der Waals surface area (Å²) in [6.07, 6.45) is 1.86. The van der Waals surface area contributed by atoms with Gasteiger partial charge in [0.1, 0.15) is 12.6 Å². The molecule has 1 amide bonds. The number of fused-ring (bicyclic) bond motifs is 1. The molecule has 0 spiro atoms. The largest absolute Gasteiger partial charge is 0.473 e. The van der Waals surface area contributed by atoms with Crippen LogP contribution in [0.2, 0.25) is 0 Å². The molecule has 8 nitrogen and oxygen atoms in total. The second-order valence-corrected chi connectivity index (χ2v) is 9.25. The van der Waals surface area contributed by atoms with Crippen LogP contribution in [0, 0.1) is 5.92 Å². The van der Waals surface area contributed by atoms with Crippen LogP contribution >= 0.6 is 0 Å². The predicted octanol–water partition coefficient (Wildman–Crippen LogP) is 4.48. The molecular weight excluding hydrogens is 461 g/mol. The number of rotatable bonds is 11. The summed E-state index contributed by atoms with van der Waals surface area (Å²) in [7, 11) is 0. The van der Waals surface area contributed by atoms with Crippen LogP contribution in [0.3, 0.4) is 0 Å². The van der Waals surface area contributed by atoms with Crippen molar-refractivity contribution in [2.24, 2.45) is 5.92 Å². The number of hydrogen-bond donors (Lipinski definition) is 0. The van der Waals surface area contributed by atoms with Crippen LogP contribution in [0.5, 0.6) is 0 Å². The molecule has 3 aromatic rings. The summed E-state index contributed by atoms with van der Waals surface area (Å²) in [6, 6.07) is 14.7. The van der Waals surface area contributed by atoms with E-state index in [4.69, 9.17) is 9.47 Å². The van der Waals surface area contributed by atoms with Crippen molar-refractivity contribution in [2.45, 2.75) is 45.8 Å². The quantitative estimate of drug-likeness (QED) is 0.289. The molecule has 0 bridgehead atoms. The van der Waals surface area contributed by atoms with Gasteiger partial charge in [-0.25, -0.2) is 0 Å². The molecule has 0 saturated carbocycles. The lowest BCUT2D eigenvalue weighted by atomic mass is 10.0. The zero-order valence-electron chi connectivity index (χ0n) is 21.0. The average molecular weight is 496 g/mol. The van der Waals surface area contributed by atoms with Crippen molar-refractivity contribution in [1.29, 1.82) is 0 Å². The fourth-order valence-electron chi connectivity index (χ4n) is 4.31. The van der Waals surface area contributed by atoms with Gasteiger partial charge in [0.2, 0.25) is 0 Å². The number of aromatic nitrogens is 3. The van der Waals surface area contributed by atoms with E-state index in [0.717, 1.165) is 25.2 Å². The summed E-state index contributed by atoms with van der Waals surface area (Å²) in [5.41, 5.74) is 2.49. The second kappa shape index (κ2) is 12.0. The Morgan fingerprint density at radius 1 is 1.14 bits per heavy atom. The molecule has 1 aliphatic rings. The Morgan fingerprint density at radius 3 is 2.61 bits per heavy atom. The van der Waals surface area contributed by atoms with Crippen LogP contribution in [-0.4, -0.2) is 56.8 Å². The maximum atomic E-state index is 15.6. The third-order valence-electron chi connectivity index (χ3n) is 6.35. The molecule has 0 N–H and O–H groups in total. The Labute approximate surface area is 211 Å². The number of morpholine rings is 1. The minimum Gasteiger partial charge on any atom is -0.473 e. The van der Waals surface area contributed by atoms with Crippen LogP contribution < -0.4 is 0 Å². The van der Waals surface area contributed by atoms with Gasteiger partial charge < -0.3 is 14.4 Å². The van der Waals surface area contributed by atoms with Gasteiger partial charge in [-0.15, -0.1) is 10.2 Å². The normalized spacial score (nSPS) is 14.7. The fourth-order valence-corrected chi connectivity index (χ4v) is 4.31. The van der Waals surface area contributed by atoms with Crippen molar-refractivity contribution in [3.05, 3.63) is 78.1 Å². The zero-order valence-corrected chi connectivity index (χ0v) is 21.0. The summed E-state index contributed by atoms with van der Waals surface area (Å²) >= 11 is 0. The lowest BCUT2D eigenvalue weighted by Crippen LogP contribution is -2.36. The minimum atomic E-state index is -0.873. The summed E-state index contributed by atoms with van der Waals surface area (Å²) in [5.74, 6) is -0.117. The molecular formula is C27H34FN5O3. The molecule has 1 unspecified atom stereocenters. The van der Waals surface area contributed by atoms with Gasteiger partial charge in [0.25, 0.3) is 5.91 Å². The predicted molar refractivity (Wildman–Crippen MR) is 134 cm³/mol. The third kappa shape index (κ3) is 6.02. The highest BCUT2D eigenvalue weighted by Crippen LogP contribution is 2.29. The summed E-state index contributed by atoms with van der Waals surface area (Å²) < 4.78 is 28.7. The number of hydrogen-bond acceptors (Lipinski definition) is 6. The number of ether oxygens (including phenoxy) is 2. The van der Waals surface area contributed by atoms with Gasteiger partial charge in [-0.2, -0.15) is 5.12 Å². The van der Waals surface area contributed by atoms with E-state index in [-0.39, 0.29) is 6.61 Å². The summed E-state index contributed by atoms with van der Waals surface area (Å²) in [4.78, 5) is 14.7. The Kier molecular flexibility index (Phi) is 8.53. The highest BCUT2D eigenvalue weighted by atomic mass is 19.2. The van der Waals surface area contributed by atoms with E-state index in [1.54, 1.807) is 18.2 Å². The van der Waals surface area contributed by atoms with Crippen LogP contribution in [0.25, 0.3) is 5.65 Å². The molecule has 0 radical (unpaired) electrons. The first-order chi connectivity index (χ1) is 17.5. The van der Waals surface area contributed by atoms with Gasteiger partial charge in [0.15, 0.2) is 17.4 Å². The van der Waals surface area contributed by atoms with Gasteiger partial charge in [-0.3, -0.25) is 9.20 Å². The lowest BCUT2D eigenvalue weighted by Gasteiger charge is -2.30. The second-order valence-electron chi connectivity index (χ2n) is 9.25. The van der Waals surface area contributed by atoms with E-state index in [0.29, 0.717) is 48.5 Å². The Balaban J connectivity index is 1.57. The zero-order chi connectivity index (χ0) is 25.5. The molecule has 1 aromatic carbocycles. The fraction of sp³-hybridized carbons (Fsp3) is 0.444. The molecule has 0 aliphatic carbocycles. The third-order valence-corrected chi connectivity index (χ3v) is 6.35. The number of amides is 1. The number of benzene rings is 1. The van der Waals surface area contributed by atoms with Crippen LogP contribution in [0.4, 0.5) is 4.48 Å². The molecule has 1 aliphatic heterocycles. The van der Waals surface area contributed by atoms with Crippen molar-refractivity contribution in [3.63, 3.8) is 0 Å². The Hall–Kier alpha value is -3.46. The van der Waals surface area contributed by atoms with E-state index >= 15 is 4.48 Å².